The van der Waals surface area contributed by atoms with Gasteiger partial charge in [-0.3, -0.25) is 4.79 Å². The fourth-order valence-corrected chi connectivity index (χ4v) is 4.16. The molecule has 11 heteroatoms. The fourth-order valence-electron chi connectivity index (χ4n) is 4.16. The predicted octanol–water partition coefficient (Wildman–Crippen LogP) is 2.21. The highest BCUT2D eigenvalue weighted by atomic mass is 16.6. The minimum absolute atomic E-state index is 0.166. The Bertz CT molecular complexity index is 1450. The average molecular weight is 472 g/mol. The van der Waals surface area contributed by atoms with Gasteiger partial charge in [-0.15, -0.1) is 0 Å². The Morgan fingerprint density at radius 3 is 1.81 bits per heavy atom. The number of rotatable bonds is 5. The molecule has 11 nitrogen and oxygen atoms in total. The van der Waals surface area contributed by atoms with Crippen molar-refractivity contribution < 1.29 is 14.3 Å². The molecule has 0 saturated heterocycles. The molecule has 0 aliphatic heterocycles. The van der Waals surface area contributed by atoms with Crippen LogP contribution in [0.4, 0.5) is 0 Å². The maximum absolute atomic E-state index is 12.6. The van der Waals surface area contributed by atoms with Gasteiger partial charge in [0.25, 0.3) is 5.60 Å². The van der Waals surface area contributed by atoms with Crippen molar-refractivity contribution in [3.63, 3.8) is 0 Å². The van der Waals surface area contributed by atoms with E-state index in [1.165, 1.54) is 48.5 Å². The lowest BCUT2D eigenvalue weighted by atomic mass is 9.43. The molecule has 2 aliphatic rings. The molecule has 0 bridgehead atoms. The van der Waals surface area contributed by atoms with Crippen LogP contribution >= 0.6 is 0 Å². The summed E-state index contributed by atoms with van der Waals surface area (Å²) >= 11 is 0. The molecule has 170 valence electrons. The van der Waals surface area contributed by atoms with Crippen LogP contribution in [0.1, 0.15) is 12.8 Å². The zero-order chi connectivity index (χ0) is 26.7. The number of nitriles is 8. The van der Waals surface area contributed by atoms with Crippen molar-refractivity contribution in [3.05, 3.63) is 42.5 Å². The number of nitrogens with zero attached hydrogens (tertiary/aromatic N) is 8. The molecular formula is C25H12N8O3. The molecule has 3 rings (SSSR count). The number of carbonyl (C=O) groups excluding carboxylic acids is 1. The Hall–Kier alpha value is -5.85. The van der Waals surface area contributed by atoms with E-state index in [0.29, 0.717) is 18.9 Å². The number of para-hydroxylation sites is 1. The summed E-state index contributed by atoms with van der Waals surface area (Å²) in [6, 6.07) is 19.3. The van der Waals surface area contributed by atoms with Crippen molar-refractivity contribution in [1.29, 1.82) is 42.1 Å². The number of benzene rings is 1. The number of ether oxygens (including phenoxy) is 2. The first-order valence-corrected chi connectivity index (χ1v) is 10.2. The summed E-state index contributed by atoms with van der Waals surface area (Å²) in [6.07, 6.45) is 2.19. The van der Waals surface area contributed by atoms with E-state index in [-0.39, 0.29) is 5.75 Å². The number of esters is 1. The molecule has 0 N–H and O–H groups in total. The minimum Gasteiger partial charge on any atom is -0.466 e. The summed E-state index contributed by atoms with van der Waals surface area (Å²) in [7, 11) is 0. The van der Waals surface area contributed by atoms with E-state index in [9.17, 15) is 46.9 Å². The largest absolute Gasteiger partial charge is 0.466 e. The minimum atomic E-state index is -3.23. The van der Waals surface area contributed by atoms with E-state index < -0.39 is 39.3 Å². The maximum atomic E-state index is 12.6. The lowest BCUT2D eigenvalue weighted by molar-refractivity contribution is -0.165. The molecule has 2 atom stereocenters. The van der Waals surface area contributed by atoms with Crippen molar-refractivity contribution in [2.75, 3.05) is 0 Å². The van der Waals surface area contributed by atoms with E-state index in [1.807, 2.05) is 0 Å². The molecule has 0 amide bonds. The van der Waals surface area contributed by atoms with E-state index in [0.717, 1.165) is 6.08 Å². The highest BCUT2D eigenvalue weighted by Crippen LogP contribution is 2.64. The molecule has 0 aromatic heterocycles. The van der Waals surface area contributed by atoms with Gasteiger partial charge in [0.05, 0.1) is 36.3 Å². The molecule has 2 aliphatic carbocycles. The van der Waals surface area contributed by atoms with Crippen LogP contribution in [0.25, 0.3) is 0 Å². The van der Waals surface area contributed by atoms with Gasteiger partial charge in [-0.25, -0.2) is 0 Å². The summed E-state index contributed by atoms with van der Waals surface area (Å²) in [5.74, 6) is -1.85. The summed E-state index contributed by atoms with van der Waals surface area (Å²) in [5.41, 5.74) is -15.2. The smallest absolute Gasteiger partial charge is 0.311 e. The third kappa shape index (κ3) is 2.80. The van der Waals surface area contributed by atoms with Gasteiger partial charge in [-0.1, -0.05) is 24.3 Å². The molecule has 1 saturated carbocycles. The average Bonchev–Trinajstić information content (AvgIpc) is 3.78. The van der Waals surface area contributed by atoms with E-state index >= 15 is 0 Å². The van der Waals surface area contributed by atoms with Crippen LogP contribution in [0.2, 0.25) is 0 Å². The van der Waals surface area contributed by atoms with Crippen LogP contribution in [0.3, 0.4) is 0 Å². The Morgan fingerprint density at radius 1 is 0.806 bits per heavy atom. The predicted molar refractivity (Wildman–Crippen MR) is 113 cm³/mol. The van der Waals surface area contributed by atoms with Crippen LogP contribution in [-0.2, 0) is 9.53 Å². The molecule has 1 aromatic rings. The number of hydrogen-bond donors (Lipinski definition) is 0. The molecule has 36 heavy (non-hydrogen) atoms. The topological polar surface area (TPSA) is 226 Å². The van der Waals surface area contributed by atoms with Crippen molar-refractivity contribution in [3.8, 4) is 54.3 Å². The van der Waals surface area contributed by atoms with Gasteiger partial charge in [-0.05, 0) is 31.1 Å². The van der Waals surface area contributed by atoms with E-state index in [1.54, 1.807) is 30.3 Å². The number of hydrogen-bond acceptors (Lipinski definition) is 11. The molecule has 1 aromatic carbocycles. The van der Waals surface area contributed by atoms with Crippen molar-refractivity contribution >= 4 is 5.97 Å². The SMILES string of the molecule is N#CC1(C#N)C=C[C@](C#N)(C(C#N)(C#N)OC(=O)C2CC2)C(C#N)(C#N)C1(C#N)Oc1ccccc1. The van der Waals surface area contributed by atoms with Crippen LogP contribution < -0.4 is 4.74 Å². The van der Waals surface area contributed by atoms with Gasteiger partial charge in [-0.2, -0.15) is 42.1 Å². The first kappa shape index (κ1) is 24.8. The van der Waals surface area contributed by atoms with Crippen molar-refractivity contribution in [2.45, 2.75) is 24.0 Å². The third-order valence-electron chi connectivity index (χ3n) is 6.33. The Kier molecular flexibility index (Phi) is 5.85. The molecule has 0 spiro atoms. The van der Waals surface area contributed by atoms with E-state index in [4.69, 9.17) is 9.47 Å². The Morgan fingerprint density at radius 2 is 1.39 bits per heavy atom. The molecule has 0 radical (unpaired) electrons. The van der Waals surface area contributed by atoms with Gasteiger partial charge < -0.3 is 9.47 Å². The quantitative estimate of drug-likeness (QED) is 0.445. The monoisotopic (exact) mass is 472 g/mol. The van der Waals surface area contributed by atoms with Crippen LogP contribution in [-0.4, -0.2) is 17.2 Å². The fraction of sp³-hybridized carbons (Fsp3) is 0.320. The summed E-state index contributed by atoms with van der Waals surface area (Å²) in [6.45, 7) is 0. The van der Waals surface area contributed by atoms with Crippen LogP contribution in [0, 0.1) is 113 Å². The molecular weight excluding hydrogens is 460 g/mol. The molecule has 0 heterocycles. The zero-order valence-corrected chi connectivity index (χ0v) is 18.3. The van der Waals surface area contributed by atoms with Gasteiger partial charge in [0.15, 0.2) is 5.41 Å². The highest BCUT2D eigenvalue weighted by molar-refractivity contribution is 5.77. The second-order valence-electron chi connectivity index (χ2n) is 8.07. The second-order valence-corrected chi connectivity index (χ2v) is 8.07. The van der Waals surface area contributed by atoms with Gasteiger partial charge >= 0.3 is 11.6 Å². The Labute approximate surface area is 205 Å². The Balaban J connectivity index is 2.52. The summed E-state index contributed by atoms with van der Waals surface area (Å²) in [5, 5.41) is 81.8. The van der Waals surface area contributed by atoms with Gasteiger partial charge in [0, 0.05) is 0 Å². The second kappa shape index (κ2) is 8.49. The first-order chi connectivity index (χ1) is 17.3. The van der Waals surface area contributed by atoms with Crippen molar-refractivity contribution in [1.82, 2.24) is 0 Å². The van der Waals surface area contributed by atoms with Crippen molar-refractivity contribution in [2.24, 2.45) is 22.2 Å². The normalized spacial score (nSPS) is 24.8. The van der Waals surface area contributed by atoms with Crippen LogP contribution in [0.5, 0.6) is 5.75 Å². The summed E-state index contributed by atoms with van der Waals surface area (Å²) < 4.78 is 11.0. The van der Waals surface area contributed by atoms with Gasteiger partial charge in [0.1, 0.15) is 24.0 Å². The highest BCUT2D eigenvalue weighted by Gasteiger charge is 2.84. The number of carbonyl (C=O) groups is 1. The zero-order valence-electron chi connectivity index (χ0n) is 18.3. The lowest BCUT2D eigenvalue weighted by Crippen LogP contribution is -2.72. The molecule has 1 unspecified atom stereocenters. The first-order valence-electron chi connectivity index (χ1n) is 10.2. The van der Waals surface area contributed by atoms with E-state index in [2.05, 4.69) is 0 Å². The van der Waals surface area contributed by atoms with Crippen LogP contribution in [0.15, 0.2) is 42.5 Å². The third-order valence-corrected chi connectivity index (χ3v) is 6.33. The lowest BCUT2D eigenvalue weighted by Gasteiger charge is -2.52. The molecule has 1 fully saturated rings. The standard InChI is InChI=1S/C25H12N8O3/c26-10-21(11-27)8-9-22(12-28,24(15-31,16-32)36-20(34)18-6-7-18)23(13-29,14-30)25(21,17-33)35-19-4-2-1-3-5-19/h1-5,8-9,18H,6-7H2/t22-,25?/m1/s1. The maximum Gasteiger partial charge on any atom is 0.311 e. The van der Waals surface area contributed by atoms with Gasteiger partial charge in [0.2, 0.25) is 10.8 Å². The summed E-state index contributed by atoms with van der Waals surface area (Å²) in [4.78, 5) is 12.6.